The number of methoxy groups -OCH3 is 1. The summed E-state index contributed by atoms with van der Waals surface area (Å²) >= 11 is 0. The zero-order valence-electron chi connectivity index (χ0n) is 18.6. The summed E-state index contributed by atoms with van der Waals surface area (Å²) in [6.07, 6.45) is 3.64. The molecule has 33 heavy (non-hydrogen) atoms. The number of benzene rings is 2. The van der Waals surface area contributed by atoms with E-state index in [-0.39, 0.29) is 36.6 Å². The van der Waals surface area contributed by atoms with Gasteiger partial charge in [0, 0.05) is 18.7 Å². The van der Waals surface area contributed by atoms with E-state index in [9.17, 15) is 18.0 Å². The van der Waals surface area contributed by atoms with Gasteiger partial charge in [0.15, 0.2) is 17.3 Å². The average molecular weight is 474 g/mol. The van der Waals surface area contributed by atoms with Gasteiger partial charge in [-0.25, -0.2) is 8.42 Å². The molecule has 0 radical (unpaired) electrons. The smallest absolute Gasteiger partial charge is 0.306 e. The van der Waals surface area contributed by atoms with E-state index in [0.717, 1.165) is 5.56 Å². The van der Waals surface area contributed by atoms with Crippen molar-refractivity contribution in [3.8, 4) is 11.5 Å². The molecule has 0 unspecified atom stereocenters. The first kappa shape index (κ1) is 24.5. The number of ether oxygens (including phenoxy) is 2. The summed E-state index contributed by atoms with van der Waals surface area (Å²) in [5.74, 6) is -0.499. The number of nitrogens with zero attached hydrogens (tertiary/aromatic N) is 1. The lowest BCUT2D eigenvalue weighted by atomic mass is 9.99. The lowest BCUT2D eigenvalue weighted by molar-refractivity contribution is -0.142. The third kappa shape index (κ3) is 5.80. The molecule has 0 saturated carbocycles. The van der Waals surface area contributed by atoms with Crippen LogP contribution in [-0.2, 0) is 14.8 Å². The summed E-state index contributed by atoms with van der Waals surface area (Å²) in [6.45, 7) is 2.67. The van der Waals surface area contributed by atoms with E-state index in [2.05, 4.69) is 0 Å². The minimum atomic E-state index is -3.74. The van der Waals surface area contributed by atoms with Crippen molar-refractivity contribution in [3.63, 3.8) is 0 Å². The van der Waals surface area contributed by atoms with Crippen molar-refractivity contribution >= 4 is 27.9 Å². The van der Waals surface area contributed by atoms with Gasteiger partial charge in [-0.15, -0.1) is 0 Å². The number of hydrogen-bond acceptors (Lipinski definition) is 6. The van der Waals surface area contributed by atoms with E-state index in [1.807, 2.05) is 6.92 Å². The molecule has 2 aromatic carbocycles. The number of carbonyl (C=O) groups is 2. The Morgan fingerprint density at radius 1 is 1.09 bits per heavy atom. The molecule has 1 aliphatic heterocycles. The Morgan fingerprint density at radius 2 is 1.76 bits per heavy atom. The Morgan fingerprint density at radius 3 is 2.33 bits per heavy atom. The maximum Gasteiger partial charge on any atom is 0.306 e. The number of carbonyl (C=O) groups excluding carboxylic acids is 1. The fraction of sp³-hybridized carbons (Fsp3) is 0.333. The average Bonchev–Trinajstić information content (AvgIpc) is 2.83. The van der Waals surface area contributed by atoms with Gasteiger partial charge in [-0.3, -0.25) is 9.59 Å². The quantitative estimate of drug-likeness (QED) is 0.439. The van der Waals surface area contributed by atoms with Crippen molar-refractivity contribution in [3.05, 3.63) is 59.7 Å². The number of ketones is 1. The monoisotopic (exact) mass is 473 g/mol. The number of aliphatic carboxylic acids is 1. The fourth-order valence-corrected chi connectivity index (χ4v) is 5.09. The predicted octanol–water partition coefficient (Wildman–Crippen LogP) is 3.48. The van der Waals surface area contributed by atoms with Crippen LogP contribution in [0.4, 0.5) is 0 Å². The van der Waals surface area contributed by atoms with E-state index in [1.165, 1.54) is 34.6 Å². The minimum absolute atomic E-state index is 0.0771. The van der Waals surface area contributed by atoms with Gasteiger partial charge in [0.1, 0.15) is 0 Å². The van der Waals surface area contributed by atoms with Gasteiger partial charge in [-0.2, -0.15) is 4.31 Å². The molecule has 2 aromatic rings. The summed E-state index contributed by atoms with van der Waals surface area (Å²) < 4.78 is 37.8. The van der Waals surface area contributed by atoms with Gasteiger partial charge < -0.3 is 14.6 Å². The van der Waals surface area contributed by atoms with Gasteiger partial charge in [-0.05, 0) is 67.8 Å². The Hall–Kier alpha value is -3.17. The Labute approximate surface area is 193 Å². The van der Waals surface area contributed by atoms with Gasteiger partial charge in [0.25, 0.3) is 0 Å². The van der Waals surface area contributed by atoms with Gasteiger partial charge in [0.05, 0.1) is 24.5 Å². The third-order valence-electron chi connectivity index (χ3n) is 5.49. The summed E-state index contributed by atoms with van der Waals surface area (Å²) in [5, 5.41) is 9.09. The van der Waals surface area contributed by atoms with Crippen molar-refractivity contribution in [1.82, 2.24) is 4.31 Å². The normalized spacial score (nSPS) is 15.5. The molecule has 0 aromatic heterocycles. The molecule has 1 saturated heterocycles. The minimum Gasteiger partial charge on any atom is -0.493 e. The maximum atomic E-state index is 12.9. The second kappa shape index (κ2) is 10.6. The Kier molecular flexibility index (Phi) is 7.88. The number of carboxylic acids is 1. The van der Waals surface area contributed by atoms with Crippen LogP contribution in [-0.4, -0.2) is 56.4 Å². The zero-order valence-corrected chi connectivity index (χ0v) is 19.4. The van der Waals surface area contributed by atoms with Crippen LogP contribution in [0.1, 0.15) is 35.7 Å². The largest absolute Gasteiger partial charge is 0.493 e. The molecule has 176 valence electrons. The van der Waals surface area contributed by atoms with E-state index in [1.54, 1.807) is 31.4 Å². The molecule has 3 rings (SSSR count). The predicted molar refractivity (Wildman–Crippen MR) is 123 cm³/mol. The van der Waals surface area contributed by atoms with Crippen molar-refractivity contribution in [1.29, 1.82) is 0 Å². The van der Waals surface area contributed by atoms with E-state index >= 15 is 0 Å². The first-order chi connectivity index (χ1) is 15.8. The van der Waals surface area contributed by atoms with Crippen LogP contribution >= 0.6 is 0 Å². The van der Waals surface area contributed by atoms with E-state index in [4.69, 9.17) is 14.6 Å². The first-order valence-electron chi connectivity index (χ1n) is 10.6. The van der Waals surface area contributed by atoms with Crippen molar-refractivity contribution < 1.29 is 32.6 Å². The Balaban J connectivity index is 1.69. The number of carboxylic acid groups (broad SMARTS) is 1. The molecule has 0 aliphatic carbocycles. The summed E-state index contributed by atoms with van der Waals surface area (Å²) in [4.78, 5) is 23.7. The lowest BCUT2D eigenvalue weighted by Crippen LogP contribution is -2.40. The highest BCUT2D eigenvalue weighted by Crippen LogP contribution is 2.29. The van der Waals surface area contributed by atoms with Crippen molar-refractivity contribution in [2.75, 3.05) is 26.8 Å². The van der Waals surface area contributed by atoms with Crippen LogP contribution in [0.2, 0.25) is 0 Å². The molecule has 1 N–H and O–H groups in total. The Bertz CT molecular complexity index is 1130. The molecule has 1 fully saturated rings. The first-order valence-corrected chi connectivity index (χ1v) is 12.1. The number of sulfonamides is 1. The van der Waals surface area contributed by atoms with Gasteiger partial charge in [-0.1, -0.05) is 12.1 Å². The standard InChI is InChI=1S/C24H27NO7S/c1-3-32-23-16-17(5-11-22(23)31-2)4-10-21(26)18-6-8-20(9-7-18)33(29,30)25-14-12-19(13-15-25)24(27)28/h4-11,16,19H,3,12-15H2,1-2H3,(H,27,28). The fourth-order valence-electron chi connectivity index (χ4n) is 3.62. The third-order valence-corrected chi connectivity index (χ3v) is 7.41. The highest BCUT2D eigenvalue weighted by molar-refractivity contribution is 7.89. The van der Waals surface area contributed by atoms with Gasteiger partial charge >= 0.3 is 5.97 Å². The van der Waals surface area contributed by atoms with Crippen LogP contribution < -0.4 is 9.47 Å². The number of hydrogen-bond donors (Lipinski definition) is 1. The second-order valence-electron chi connectivity index (χ2n) is 7.58. The van der Waals surface area contributed by atoms with E-state index < -0.39 is 21.9 Å². The molecule has 9 heteroatoms. The lowest BCUT2D eigenvalue weighted by Gasteiger charge is -2.29. The van der Waals surface area contributed by atoms with Crippen LogP contribution in [0.5, 0.6) is 11.5 Å². The molecule has 8 nitrogen and oxygen atoms in total. The maximum absolute atomic E-state index is 12.9. The SMILES string of the molecule is CCOc1cc(C=CC(=O)c2ccc(S(=O)(=O)N3CCC(C(=O)O)CC3)cc2)ccc1OC. The van der Waals surface area contributed by atoms with Crippen LogP contribution in [0.25, 0.3) is 6.08 Å². The van der Waals surface area contributed by atoms with E-state index in [0.29, 0.717) is 23.7 Å². The molecule has 0 bridgehead atoms. The van der Waals surface area contributed by atoms with Crippen LogP contribution in [0.15, 0.2) is 53.4 Å². The number of rotatable bonds is 9. The number of allylic oxidation sites excluding steroid dienone is 1. The summed E-state index contributed by atoms with van der Waals surface area (Å²) in [6, 6.07) is 11.1. The molecular weight excluding hydrogens is 446 g/mol. The highest BCUT2D eigenvalue weighted by atomic mass is 32.2. The molecular formula is C24H27NO7S. The molecule has 1 aliphatic rings. The molecule has 0 spiro atoms. The van der Waals surface area contributed by atoms with Crippen LogP contribution in [0.3, 0.4) is 0 Å². The molecule has 0 atom stereocenters. The highest BCUT2D eigenvalue weighted by Gasteiger charge is 2.31. The number of piperidine rings is 1. The van der Waals surface area contributed by atoms with Crippen molar-refractivity contribution in [2.24, 2.45) is 5.92 Å². The van der Waals surface area contributed by atoms with Gasteiger partial charge in [0.2, 0.25) is 10.0 Å². The second-order valence-corrected chi connectivity index (χ2v) is 9.52. The molecule has 0 amide bonds. The zero-order chi connectivity index (χ0) is 24.0. The van der Waals surface area contributed by atoms with Crippen molar-refractivity contribution in [2.45, 2.75) is 24.7 Å². The summed E-state index contributed by atoms with van der Waals surface area (Å²) in [7, 11) is -2.19. The molecule has 1 heterocycles. The van der Waals surface area contributed by atoms with Crippen LogP contribution in [0, 0.1) is 5.92 Å². The topological polar surface area (TPSA) is 110 Å². The summed E-state index contributed by atoms with van der Waals surface area (Å²) in [5.41, 5.74) is 1.12.